The van der Waals surface area contributed by atoms with Crippen molar-refractivity contribution in [2.75, 3.05) is 0 Å². The third kappa shape index (κ3) is 2.45. The zero-order valence-electron chi connectivity index (χ0n) is 10.1. The minimum absolute atomic E-state index is 0.277. The lowest BCUT2D eigenvalue weighted by Gasteiger charge is -2.10. The first-order chi connectivity index (χ1) is 9.53. The Morgan fingerprint density at radius 2 is 2.05 bits per heavy atom. The maximum absolute atomic E-state index is 12.2. The van der Waals surface area contributed by atoms with Crippen molar-refractivity contribution in [3.8, 4) is 11.4 Å². The quantitative estimate of drug-likeness (QED) is 0.713. The van der Waals surface area contributed by atoms with Gasteiger partial charge >= 0.3 is 6.36 Å². The standard InChI is InChI=1S/C14H8F3N2O/c15-14(16,17)20-12-6-3-5-11(8-12)19-13-7-2-1-4-10(13)9-18-19/h2-9H. The summed E-state index contributed by atoms with van der Waals surface area (Å²) in [4.78, 5) is 0. The van der Waals surface area contributed by atoms with E-state index < -0.39 is 6.36 Å². The molecule has 0 aliphatic heterocycles. The van der Waals surface area contributed by atoms with Crippen LogP contribution in [0.2, 0.25) is 0 Å². The zero-order valence-corrected chi connectivity index (χ0v) is 10.1. The van der Waals surface area contributed by atoms with E-state index in [2.05, 4.69) is 15.9 Å². The molecule has 3 nitrogen and oxygen atoms in total. The first kappa shape index (κ1) is 12.5. The lowest BCUT2D eigenvalue weighted by Crippen LogP contribution is -2.17. The molecule has 0 saturated heterocycles. The fourth-order valence-electron chi connectivity index (χ4n) is 1.93. The predicted molar refractivity (Wildman–Crippen MR) is 66.6 cm³/mol. The molecule has 0 bridgehead atoms. The van der Waals surface area contributed by atoms with E-state index in [9.17, 15) is 13.2 Å². The fourth-order valence-corrected chi connectivity index (χ4v) is 1.93. The van der Waals surface area contributed by atoms with E-state index in [4.69, 9.17) is 0 Å². The van der Waals surface area contributed by atoms with Crippen molar-refractivity contribution >= 4 is 10.9 Å². The van der Waals surface area contributed by atoms with Crippen LogP contribution in [0.15, 0.2) is 48.7 Å². The van der Waals surface area contributed by atoms with E-state index in [1.54, 1.807) is 35.1 Å². The molecule has 0 saturated carbocycles. The third-order valence-electron chi connectivity index (χ3n) is 2.71. The van der Waals surface area contributed by atoms with Gasteiger partial charge in [0.1, 0.15) is 5.75 Å². The van der Waals surface area contributed by atoms with E-state index in [-0.39, 0.29) is 5.75 Å². The largest absolute Gasteiger partial charge is 0.573 e. The van der Waals surface area contributed by atoms with Gasteiger partial charge in [-0.1, -0.05) is 12.1 Å². The van der Waals surface area contributed by atoms with E-state index in [0.29, 0.717) is 5.69 Å². The second kappa shape index (κ2) is 4.56. The van der Waals surface area contributed by atoms with E-state index >= 15 is 0 Å². The molecule has 1 heterocycles. The molecule has 1 aromatic heterocycles. The zero-order chi connectivity index (χ0) is 14.2. The fraction of sp³-hybridized carbons (Fsp3) is 0.0714. The molecule has 101 valence electrons. The number of nitrogens with zero attached hydrogens (tertiary/aromatic N) is 2. The summed E-state index contributed by atoms with van der Waals surface area (Å²) in [5.41, 5.74) is 1.28. The highest BCUT2D eigenvalue weighted by molar-refractivity contribution is 5.79. The monoisotopic (exact) mass is 277 g/mol. The Bertz CT molecular complexity index is 749. The van der Waals surface area contributed by atoms with Crippen LogP contribution in [0.4, 0.5) is 13.2 Å². The number of halogens is 3. The summed E-state index contributed by atoms with van der Waals surface area (Å²) in [6.07, 6.45) is -3.08. The normalized spacial score (nSPS) is 11.8. The van der Waals surface area contributed by atoms with Crippen LogP contribution in [0.5, 0.6) is 5.75 Å². The number of ether oxygens (including phenoxy) is 1. The van der Waals surface area contributed by atoms with Crippen molar-refractivity contribution in [3.63, 3.8) is 0 Å². The summed E-state index contributed by atoms with van der Waals surface area (Å²) in [6.45, 7) is 0. The molecular weight excluding hydrogens is 269 g/mol. The summed E-state index contributed by atoms with van der Waals surface area (Å²) >= 11 is 0. The number of hydrogen-bond acceptors (Lipinski definition) is 2. The van der Waals surface area contributed by atoms with Gasteiger partial charge in [0.2, 0.25) is 0 Å². The van der Waals surface area contributed by atoms with Crippen LogP contribution in [0.1, 0.15) is 0 Å². The number of rotatable bonds is 2. The topological polar surface area (TPSA) is 27.1 Å². The molecule has 2 aromatic carbocycles. The average Bonchev–Trinajstić information content (AvgIpc) is 2.81. The highest BCUT2D eigenvalue weighted by Gasteiger charge is 2.31. The molecule has 0 unspecified atom stereocenters. The first-order valence-electron chi connectivity index (χ1n) is 5.73. The van der Waals surface area contributed by atoms with Crippen molar-refractivity contribution in [3.05, 3.63) is 54.7 Å². The summed E-state index contributed by atoms with van der Waals surface area (Å²) in [6, 6.07) is 13.9. The van der Waals surface area contributed by atoms with Gasteiger partial charge < -0.3 is 4.74 Å². The van der Waals surface area contributed by atoms with Gasteiger partial charge in [0.25, 0.3) is 0 Å². The molecule has 0 atom stereocenters. The van der Waals surface area contributed by atoms with Gasteiger partial charge in [0, 0.05) is 11.5 Å². The number of benzene rings is 2. The smallest absolute Gasteiger partial charge is 0.406 e. The first-order valence-corrected chi connectivity index (χ1v) is 5.73. The Morgan fingerprint density at radius 3 is 2.85 bits per heavy atom. The average molecular weight is 277 g/mol. The Labute approximate surface area is 112 Å². The molecule has 6 heteroatoms. The van der Waals surface area contributed by atoms with Gasteiger partial charge in [0.05, 0.1) is 17.4 Å². The number of alkyl halides is 3. The van der Waals surface area contributed by atoms with Crippen LogP contribution in [0, 0.1) is 6.07 Å². The Kier molecular flexibility index (Phi) is 2.85. The molecule has 20 heavy (non-hydrogen) atoms. The van der Waals surface area contributed by atoms with Gasteiger partial charge in [-0.05, 0) is 30.3 Å². The molecule has 0 fully saturated rings. The lowest BCUT2D eigenvalue weighted by atomic mass is 10.2. The van der Waals surface area contributed by atoms with Crippen LogP contribution in [-0.4, -0.2) is 16.1 Å². The van der Waals surface area contributed by atoms with E-state index in [1.165, 1.54) is 18.2 Å². The van der Waals surface area contributed by atoms with Crippen LogP contribution in [0.25, 0.3) is 16.6 Å². The van der Waals surface area contributed by atoms with E-state index in [1.807, 2.05) is 0 Å². The molecule has 0 aliphatic carbocycles. The highest BCUT2D eigenvalue weighted by atomic mass is 19.4. The van der Waals surface area contributed by atoms with Gasteiger partial charge in [-0.2, -0.15) is 5.10 Å². The molecule has 0 aliphatic rings. The maximum Gasteiger partial charge on any atom is 0.573 e. The van der Waals surface area contributed by atoms with Crippen LogP contribution in [0.3, 0.4) is 0 Å². The lowest BCUT2D eigenvalue weighted by molar-refractivity contribution is -0.274. The van der Waals surface area contributed by atoms with Gasteiger partial charge in [0.15, 0.2) is 0 Å². The van der Waals surface area contributed by atoms with Crippen LogP contribution < -0.4 is 4.74 Å². The molecule has 0 spiro atoms. The second-order valence-electron chi connectivity index (χ2n) is 4.09. The van der Waals surface area contributed by atoms with Crippen LogP contribution >= 0.6 is 0 Å². The van der Waals surface area contributed by atoms with Crippen molar-refractivity contribution in [1.29, 1.82) is 0 Å². The SMILES string of the molecule is FC(F)(F)Oc1cccc(-n2ncc3c[c]ccc32)c1. The summed E-state index contributed by atoms with van der Waals surface area (Å²) in [5.74, 6) is -0.277. The van der Waals surface area contributed by atoms with Gasteiger partial charge in [-0.3, -0.25) is 0 Å². The van der Waals surface area contributed by atoms with Crippen molar-refractivity contribution in [2.45, 2.75) is 6.36 Å². The highest BCUT2D eigenvalue weighted by Crippen LogP contribution is 2.25. The number of hydrogen-bond donors (Lipinski definition) is 0. The van der Waals surface area contributed by atoms with Crippen molar-refractivity contribution in [1.82, 2.24) is 9.78 Å². The Balaban J connectivity index is 2.04. The summed E-state index contributed by atoms with van der Waals surface area (Å²) in [5, 5.41) is 5.02. The van der Waals surface area contributed by atoms with Crippen molar-refractivity contribution in [2.24, 2.45) is 0 Å². The Hall–Kier alpha value is -2.50. The summed E-state index contributed by atoms with van der Waals surface area (Å²) in [7, 11) is 0. The maximum atomic E-state index is 12.2. The number of fused-ring (bicyclic) bond motifs is 1. The second-order valence-corrected chi connectivity index (χ2v) is 4.09. The predicted octanol–water partition coefficient (Wildman–Crippen LogP) is 3.72. The third-order valence-corrected chi connectivity index (χ3v) is 2.71. The van der Waals surface area contributed by atoms with E-state index in [0.717, 1.165) is 10.9 Å². The molecule has 1 radical (unpaired) electrons. The van der Waals surface area contributed by atoms with Crippen LogP contribution in [-0.2, 0) is 0 Å². The van der Waals surface area contributed by atoms with Gasteiger partial charge in [-0.15, -0.1) is 13.2 Å². The summed E-state index contributed by atoms with van der Waals surface area (Å²) < 4.78 is 42.1. The molecular formula is C14H8F3N2O. The number of aromatic nitrogens is 2. The molecule has 3 rings (SSSR count). The minimum Gasteiger partial charge on any atom is -0.406 e. The molecule has 0 N–H and O–H groups in total. The molecule has 3 aromatic rings. The minimum atomic E-state index is -4.71. The van der Waals surface area contributed by atoms with Gasteiger partial charge in [-0.25, -0.2) is 4.68 Å². The van der Waals surface area contributed by atoms with Crippen molar-refractivity contribution < 1.29 is 17.9 Å². The molecule has 0 amide bonds. The Morgan fingerprint density at radius 1 is 1.20 bits per heavy atom.